The maximum atomic E-state index is 12.6. The van der Waals surface area contributed by atoms with Gasteiger partial charge in [0.1, 0.15) is 0 Å². The molecule has 0 spiro atoms. The van der Waals surface area contributed by atoms with Gasteiger partial charge in [0.2, 0.25) is 0 Å². The Kier molecular flexibility index (Phi) is 3.16. The van der Waals surface area contributed by atoms with Crippen molar-refractivity contribution < 1.29 is 8.78 Å². The quantitative estimate of drug-likeness (QED) is 0.920. The molecule has 0 radical (unpaired) electrons. The monoisotopic (exact) mass is 286 g/mol. The number of nitrogens with zero attached hydrogens (tertiary/aromatic N) is 1. The van der Waals surface area contributed by atoms with Crippen molar-refractivity contribution >= 4 is 26.8 Å². The maximum absolute atomic E-state index is 12.6. The molecule has 0 saturated heterocycles. The average Bonchev–Trinajstić information content (AvgIpc) is 2.29. The van der Waals surface area contributed by atoms with Gasteiger partial charge in [-0.25, -0.2) is 8.78 Å². The summed E-state index contributed by atoms with van der Waals surface area (Å²) in [6, 6.07) is 5.56. The van der Waals surface area contributed by atoms with Gasteiger partial charge in [0.25, 0.3) is 6.43 Å². The second kappa shape index (κ2) is 4.43. The molecule has 2 aromatic rings. The van der Waals surface area contributed by atoms with Gasteiger partial charge in [-0.3, -0.25) is 4.98 Å². The summed E-state index contributed by atoms with van der Waals surface area (Å²) in [6.45, 7) is 0. The van der Waals surface area contributed by atoms with Crippen LogP contribution in [0.25, 0.3) is 10.9 Å². The molecule has 0 saturated carbocycles. The third-order valence-corrected chi connectivity index (χ3v) is 3.07. The fraction of sp³-hybridized carbons (Fsp3) is 0.182. The number of halogens is 3. The number of hydrogen-bond acceptors (Lipinski definition) is 2. The Balaban J connectivity index is 2.67. The van der Waals surface area contributed by atoms with E-state index in [1.165, 1.54) is 0 Å². The van der Waals surface area contributed by atoms with E-state index in [-0.39, 0.29) is 0 Å². The predicted molar refractivity (Wildman–Crippen MR) is 62.4 cm³/mol. The van der Waals surface area contributed by atoms with Gasteiger partial charge in [0.05, 0.1) is 11.6 Å². The van der Waals surface area contributed by atoms with Gasteiger partial charge in [-0.05, 0) is 12.1 Å². The zero-order valence-corrected chi connectivity index (χ0v) is 9.79. The van der Waals surface area contributed by atoms with E-state index in [1.54, 1.807) is 24.4 Å². The highest BCUT2D eigenvalue weighted by atomic mass is 79.9. The topological polar surface area (TPSA) is 38.9 Å². The lowest BCUT2D eigenvalue weighted by Gasteiger charge is -2.13. The minimum atomic E-state index is -2.59. The molecule has 1 heterocycles. The van der Waals surface area contributed by atoms with Gasteiger partial charge in [0.15, 0.2) is 0 Å². The highest BCUT2D eigenvalue weighted by Crippen LogP contribution is 2.29. The van der Waals surface area contributed by atoms with Crippen LogP contribution in [0.15, 0.2) is 34.9 Å². The Morgan fingerprint density at radius 3 is 2.69 bits per heavy atom. The van der Waals surface area contributed by atoms with E-state index in [4.69, 9.17) is 5.73 Å². The molecule has 2 rings (SSSR count). The molecule has 1 atom stereocenters. The van der Waals surface area contributed by atoms with Crippen LogP contribution in [-0.4, -0.2) is 11.4 Å². The molecule has 0 bridgehead atoms. The number of nitrogens with two attached hydrogens (primary N) is 1. The number of alkyl halides is 2. The third kappa shape index (κ3) is 1.92. The van der Waals surface area contributed by atoms with Crippen molar-refractivity contribution in [3.8, 4) is 0 Å². The molecule has 0 fully saturated rings. The van der Waals surface area contributed by atoms with Crippen molar-refractivity contribution in [3.05, 3.63) is 40.5 Å². The summed E-state index contributed by atoms with van der Waals surface area (Å²) in [4.78, 5) is 4.10. The number of pyridine rings is 1. The third-order valence-electron chi connectivity index (χ3n) is 2.38. The fourth-order valence-electron chi connectivity index (χ4n) is 1.56. The van der Waals surface area contributed by atoms with Crippen LogP contribution in [0.4, 0.5) is 8.78 Å². The van der Waals surface area contributed by atoms with Gasteiger partial charge in [-0.2, -0.15) is 0 Å². The molecule has 0 aliphatic rings. The van der Waals surface area contributed by atoms with Crippen LogP contribution >= 0.6 is 15.9 Å². The van der Waals surface area contributed by atoms with Crippen LogP contribution < -0.4 is 5.73 Å². The lowest BCUT2D eigenvalue weighted by Crippen LogP contribution is -2.19. The number of fused-ring (bicyclic) bond motifs is 1. The average molecular weight is 287 g/mol. The van der Waals surface area contributed by atoms with E-state index in [2.05, 4.69) is 20.9 Å². The first-order valence-electron chi connectivity index (χ1n) is 4.68. The molecule has 1 aromatic heterocycles. The molecule has 2 N–H and O–H groups in total. The fourth-order valence-corrected chi connectivity index (χ4v) is 2.02. The van der Waals surface area contributed by atoms with Gasteiger partial charge in [-0.15, -0.1) is 0 Å². The number of rotatable bonds is 2. The smallest absolute Gasteiger partial charge is 0.257 e. The Bertz CT molecular complexity index is 516. The molecule has 1 unspecified atom stereocenters. The molecule has 0 amide bonds. The molecular formula is C11H9BrF2N2. The first kappa shape index (κ1) is 11.4. The van der Waals surface area contributed by atoms with E-state index >= 15 is 0 Å². The maximum Gasteiger partial charge on any atom is 0.257 e. The highest BCUT2D eigenvalue weighted by Gasteiger charge is 2.20. The minimum absolute atomic E-state index is 0.369. The summed E-state index contributed by atoms with van der Waals surface area (Å²) in [5, 5.41) is 0.788. The SMILES string of the molecule is NC(c1ccc(Br)c2cccnc12)C(F)F. The molecule has 1 aromatic carbocycles. The Morgan fingerprint density at radius 2 is 2.00 bits per heavy atom. The summed E-state index contributed by atoms with van der Waals surface area (Å²) >= 11 is 3.35. The summed E-state index contributed by atoms with van der Waals surface area (Å²) in [7, 11) is 0. The summed E-state index contributed by atoms with van der Waals surface area (Å²) < 4.78 is 26.0. The van der Waals surface area contributed by atoms with Gasteiger partial charge in [0, 0.05) is 21.6 Å². The van der Waals surface area contributed by atoms with Crippen LogP contribution in [0.3, 0.4) is 0 Å². The molecule has 84 valence electrons. The second-order valence-corrected chi connectivity index (χ2v) is 4.25. The molecule has 0 aliphatic carbocycles. The first-order valence-corrected chi connectivity index (χ1v) is 5.47. The van der Waals surface area contributed by atoms with Crippen LogP contribution in [0.2, 0.25) is 0 Å². The second-order valence-electron chi connectivity index (χ2n) is 3.40. The molecule has 16 heavy (non-hydrogen) atoms. The normalized spacial score (nSPS) is 13.3. The molecule has 0 aliphatic heterocycles. The standard InChI is InChI=1S/C11H9BrF2N2/c12-8-4-3-7(9(15)11(13)14)10-6(8)2-1-5-16-10/h1-5,9,11H,15H2. The number of hydrogen-bond donors (Lipinski definition) is 1. The van der Waals surface area contributed by atoms with Gasteiger partial charge >= 0.3 is 0 Å². The van der Waals surface area contributed by atoms with Crippen molar-refractivity contribution in [2.45, 2.75) is 12.5 Å². The van der Waals surface area contributed by atoms with E-state index in [0.29, 0.717) is 11.1 Å². The van der Waals surface area contributed by atoms with E-state index in [1.807, 2.05) is 6.07 Å². The Labute approximate surface area is 99.6 Å². The summed E-state index contributed by atoms with van der Waals surface area (Å²) in [5.74, 6) is 0. The van der Waals surface area contributed by atoms with Crippen LogP contribution in [-0.2, 0) is 0 Å². The Hall–Kier alpha value is -1.07. The highest BCUT2D eigenvalue weighted by molar-refractivity contribution is 9.10. The van der Waals surface area contributed by atoms with E-state index in [9.17, 15) is 8.78 Å². The molecule has 5 heteroatoms. The number of benzene rings is 1. The van der Waals surface area contributed by atoms with Crippen molar-refractivity contribution in [1.29, 1.82) is 0 Å². The molecular weight excluding hydrogens is 278 g/mol. The lowest BCUT2D eigenvalue weighted by atomic mass is 10.0. The van der Waals surface area contributed by atoms with E-state index < -0.39 is 12.5 Å². The lowest BCUT2D eigenvalue weighted by molar-refractivity contribution is 0.117. The van der Waals surface area contributed by atoms with Crippen molar-refractivity contribution in [2.24, 2.45) is 5.73 Å². The summed E-state index contributed by atoms with van der Waals surface area (Å²) in [6.07, 6.45) is -1.03. The number of aromatic nitrogens is 1. The van der Waals surface area contributed by atoms with Crippen LogP contribution in [0.5, 0.6) is 0 Å². The zero-order chi connectivity index (χ0) is 11.7. The largest absolute Gasteiger partial charge is 0.319 e. The van der Waals surface area contributed by atoms with Crippen molar-refractivity contribution in [2.75, 3.05) is 0 Å². The molecule has 2 nitrogen and oxygen atoms in total. The predicted octanol–water partition coefficient (Wildman–Crippen LogP) is 3.26. The zero-order valence-electron chi connectivity index (χ0n) is 8.20. The van der Waals surface area contributed by atoms with Crippen LogP contribution in [0.1, 0.15) is 11.6 Å². The van der Waals surface area contributed by atoms with Crippen LogP contribution in [0, 0.1) is 0 Å². The van der Waals surface area contributed by atoms with Crippen molar-refractivity contribution in [3.63, 3.8) is 0 Å². The van der Waals surface area contributed by atoms with Gasteiger partial charge in [-0.1, -0.05) is 28.1 Å². The van der Waals surface area contributed by atoms with E-state index in [0.717, 1.165) is 9.86 Å². The first-order chi connectivity index (χ1) is 7.61. The summed E-state index contributed by atoms with van der Waals surface area (Å²) in [5.41, 5.74) is 6.34. The Morgan fingerprint density at radius 1 is 1.25 bits per heavy atom. The minimum Gasteiger partial charge on any atom is -0.319 e. The van der Waals surface area contributed by atoms with Crippen molar-refractivity contribution in [1.82, 2.24) is 4.98 Å². The van der Waals surface area contributed by atoms with Gasteiger partial charge < -0.3 is 5.73 Å².